The molecule has 0 aliphatic carbocycles. The molecule has 2 aromatic rings. The van der Waals surface area contributed by atoms with E-state index in [1.54, 1.807) is 0 Å². The minimum Gasteiger partial charge on any atom is -0.480 e. The molecule has 0 aromatic heterocycles. The summed E-state index contributed by atoms with van der Waals surface area (Å²) in [7, 11) is 0. The highest BCUT2D eigenvalue weighted by atomic mass is 16.4. The lowest BCUT2D eigenvalue weighted by Crippen LogP contribution is -2.38. The highest BCUT2D eigenvalue weighted by molar-refractivity contribution is 5.75. The van der Waals surface area contributed by atoms with Gasteiger partial charge in [-0.25, -0.2) is 0 Å². The lowest BCUT2D eigenvalue weighted by atomic mass is 10.0. The molecule has 3 nitrogen and oxygen atoms in total. The average Bonchev–Trinajstić information content (AvgIpc) is 2.52. The van der Waals surface area contributed by atoms with E-state index in [1.165, 1.54) is 5.56 Å². The molecular weight excluding hydrogens is 262 g/mol. The molecule has 0 saturated heterocycles. The third-order valence-electron chi connectivity index (χ3n) is 3.60. The third kappa shape index (κ3) is 4.43. The molecule has 0 aliphatic heterocycles. The minimum atomic E-state index is -0.840. The van der Waals surface area contributed by atoms with Gasteiger partial charge in [-0.2, -0.15) is 0 Å². The average molecular weight is 283 g/mol. The van der Waals surface area contributed by atoms with Gasteiger partial charge >= 0.3 is 5.97 Å². The molecule has 0 aliphatic rings. The number of carbonyl (C=O) groups is 1. The number of hydrogen-bond acceptors (Lipinski definition) is 2. The molecule has 0 fully saturated rings. The molecule has 2 atom stereocenters. The number of nitrogens with one attached hydrogen (secondary N) is 1. The largest absolute Gasteiger partial charge is 0.480 e. The number of hydrogen-bond donors (Lipinski definition) is 2. The predicted octanol–water partition coefficient (Wildman–Crippen LogP) is 3.42. The van der Waals surface area contributed by atoms with Crippen LogP contribution in [0.2, 0.25) is 0 Å². The summed E-state index contributed by atoms with van der Waals surface area (Å²) in [5, 5.41) is 12.7. The van der Waals surface area contributed by atoms with Crippen LogP contribution in [0.1, 0.15) is 30.5 Å². The van der Waals surface area contributed by atoms with E-state index in [1.807, 2.05) is 48.5 Å². The van der Waals surface area contributed by atoms with Crippen LogP contribution in [0.5, 0.6) is 0 Å². The molecular formula is C18H21NO2. The Hall–Kier alpha value is -2.13. The summed E-state index contributed by atoms with van der Waals surface area (Å²) in [5.41, 5.74) is 2.01. The van der Waals surface area contributed by atoms with E-state index < -0.39 is 12.0 Å². The second-order valence-corrected chi connectivity index (χ2v) is 5.14. The Morgan fingerprint density at radius 3 is 2.14 bits per heavy atom. The Kier molecular flexibility index (Phi) is 5.52. The van der Waals surface area contributed by atoms with Gasteiger partial charge in [-0.3, -0.25) is 10.1 Å². The van der Waals surface area contributed by atoms with E-state index in [0.717, 1.165) is 18.4 Å². The molecule has 2 unspecified atom stereocenters. The van der Waals surface area contributed by atoms with Crippen LogP contribution in [0.15, 0.2) is 60.7 Å². The van der Waals surface area contributed by atoms with Gasteiger partial charge in [-0.15, -0.1) is 0 Å². The quantitative estimate of drug-likeness (QED) is 0.818. The highest BCUT2D eigenvalue weighted by Gasteiger charge is 2.22. The molecule has 0 saturated carbocycles. The van der Waals surface area contributed by atoms with Crippen LogP contribution in [0.25, 0.3) is 0 Å². The smallest absolute Gasteiger partial charge is 0.325 e. The molecule has 3 heteroatoms. The maximum absolute atomic E-state index is 11.5. The monoisotopic (exact) mass is 283 g/mol. The molecule has 0 radical (unpaired) electrons. The van der Waals surface area contributed by atoms with Gasteiger partial charge in [0.15, 0.2) is 0 Å². The van der Waals surface area contributed by atoms with Gasteiger partial charge in [0.2, 0.25) is 0 Å². The van der Waals surface area contributed by atoms with Crippen LogP contribution in [-0.2, 0) is 11.2 Å². The second kappa shape index (κ2) is 7.60. The summed E-state index contributed by atoms with van der Waals surface area (Å²) in [5.74, 6) is -0.840. The van der Waals surface area contributed by atoms with Crippen molar-refractivity contribution in [2.45, 2.75) is 31.8 Å². The van der Waals surface area contributed by atoms with E-state index in [0.29, 0.717) is 0 Å². The first-order valence-corrected chi connectivity index (χ1v) is 7.28. The van der Waals surface area contributed by atoms with Crippen molar-refractivity contribution >= 4 is 5.97 Å². The minimum absolute atomic E-state index is 0.133. The Labute approximate surface area is 125 Å². The van der Waals surface area contributed by atoms with Gasteiger partial charge < -0.3 is 5.11 Å². The number of rotatable bonds is 7. The van der Waals surface area contributed by atoms with Crippen molar-refractivity contribution in [2.75, 3.05) is 0 Å². The first-order valence-electron chi connectivity index (χ1n) is 7.28. The van der Waals surface area contributed by atoms with Crippen LogP contribution in [0, 0.1) is 0 Å². The van der Waals surface area contributed by atoms with Gasteiger partial charge in [0.1, 0.15) is 6.04 Å². The summed E-state index contributed by atoms with van der Waals surface area (Å²) < 4.78 is 0. The van der Waals surface area contributed by atoms with E-state index in [-0.39, 0.29) is 6.04 Å². The molecule has 2 N–H and O–H groups in total. The Morgan fingerprint density at radius 2 is 1.62 bits per heavy atom. The zero-order chi connectivity index (χ0) is 15.1. The van der Waals surface area contributed by atoms with Crippen molar-refractivity contribution in [1.29, 1.82) is 0 Å². The molecule has 110 valence electrons. The molecule has 2 rings (SSSR count). The molecule has 0 bridgehead atoms. The SMILES string of the molecule is CCC(Cc1ccccc1)NC(C(=O)O)c1ccccc1. The lowest BCUT2D eigenvalue weighted by Gasteiger charge is -2.23. The predicted molar refractivity (Wildman–Crippen MR) is 84.2 cm³/mol. The van der Waals surface area contributed by atoms with Gasteiger partial charge in [-0.1, -0.05) is 67.6 Å². The fourth-order valence-corrected chi connectivity index (χ4v) is 2.41. The first kappa shape index (κ1) is 15.3. The van der Waals surface area contributed by atoms with Crippen molar-refractivity contribution in [3.63, 3.8) is 0 Å². The van der Waals surface area contributed by atoms with Crippen molar-refractivity contribution in [3.8, 4) is 0 Å². The van der Waals surface area contributed by atoms with Crippen LogP contribution >= 0.6 is 0 Å². The second-order valence-electron chi connectivity index (χ2n) is 5.14. The fraction of sp³-hybridized carbons (Fsp3) is 0.278. The summed E-state index contributed by atoms with van der Waals surface area (Å²) in [4.78, 5) is 11.5. The maximum Gasteiger partial charge on any atom is 0.325 e. The molecule has 21 heavy (non-hydrogen) atoms. The Bertz CT molecular complexity index is 554. The number of aliphatic carboxylic acids is 1. The summed E-state index contributed by atoms with van der Waals surface area (Å²) in [6.07, 6.45) is 1.71. The molecule has 2 aromatic carbocycles. The van der Waals surface area contributed by atoms with E-state index >= 15 is 0 Å². The van der Waals surface area contributed by atoms with Gasteiger partial charge in [0.25, 0.3) is 0 Å². The van der Waals surface area contributed by atoms with Crippen LogP contribution < -0.4 is 5.32 Å². The summed E-state index contributed by atoms with van der Waals surface area (Å²) >= 11 is 0. The molecule has 0 heterocycles. The van der Waals surface area contributed by atoms with Crippen molar-refractivity contribution in [1.82, 2.24) is 5.32 Å². The third-order valence-corrected chi connectivity index (χ3v) is 3.60. The van der Waals surface area contributed by atoms with Crippen LogP contribution in [0.4, 0.5) is 0 Å². The molecule has 0 spiro atoms. The zero-order valence-electron chi connectivity index (χ0n) is 12.2. The zero-order valence-corrected chi connectivity index (χ0v) is 12.2. The van der Waals surface area contributed by atoms with Crippen LogP contribution in [-0.4, -0.2) is 17.1 Å². The topological polar surface area (TPSA) is 49.3 Å². The van der Waals surface area contributed by atoms with E-state index in [2.05, 4.69) is 24.4 Å². The van der Waals surface area contributed by atoms with E-state index in [4.69, 9.17) is 0 Å². The number of carboxylic acids is 1. The first-order chi connectivity index (χ1) is 10.2. The molecule has 0 amide bonds. The fourth-order valence-electron chi connectivity index (χ4n) is 2.41. The van der Waals surface area contributed by atoms with Crippen molar-refractivity contribution in [2.24, 2.45) is 0 Å². The maximum atomic E-state index is 11.5. The highest BCUT2D eigenvalue weighted by Crippen LogP contribution is 2.16. The summed E-state index contributed by atoms with van der Waals surface area (Å²) in [6.45, 7) is 2.07. The van der Waals surface area contributed by atoms with Crippen molar-refractivity contribution < 1.29 is 9.90 Å². The summed E-state index contributed by atoms with van der Waals surface area (Å²) in [6, 6.07) is 18.9. The Balaban J connectivity index is 2.09. The van der Waals surface area contributed by atoms with Gasteiger partial charge in [0, 0.05) is 6.04 Å². The standard InChI is InChI=1S/C18H21NO2/c1-2-16(13-14-9-5-3-6-10-14)19-17(18(20)21)15-11-7-4-8-12-15/h3-12,16-17,19H,2,13H2,1H3,(H,20,21). The lowest BCUT2D eigenvalue weighted by molar-refractivity contribution is -0.139. The number of carboxylic acid groups (broad SMARTS) is 1. The van der Waals surface area contributed by atoms with Gasteiger partial charge in [-0.05, 0) is 24.0 Å². The number of benzene rings is 2. The van der Waals surface area contributed by atoms with Gasteiger partial charge in [0.05, 0.1) is 0 Å². The van der Waals surface area contributed by atoms with E-state index in [9.17, 15) is 9.90 Å². The Morgan fingerprint density at radius 1 is 1.05 bits per heavy atom. The van der Waals surface area contributed by atoms with Crippen LogP contribution in [0.3, 0.4) is 0 Å². The van der Waals surface area contributed by atoms with Crippen molar-refractivity contribution in [3.05, 3.63) is 71.8 Å². The normalized spacial score (nSPS) is 13.6.